The summed E-state index contributed by atoms with van der Waals surface area (Å²) in [6.07, 6.45) is 3.90. The lowest BCUT2D eigenvalue weighted by Crippen LogP contribution is -2.40. The van der Waals surface area contributed by atoms with Crippen LogP contribution in [0.3, 0.4) is 0 Å². The lowest BCUT2D eigenvalue weighted by atomic mass is 10.1. The van der Waals surface area contributed by atoms with Gasteiger partial charge in [-0.2, -0.15) is 0 Å². The topological polar surface area (TPSA) is 86.4 Å². The highest BCUT2D eigenvalue weighted by atomic mass is 16.5. The van der Waals surface area contributed by atoms with Gasteiger partial charge >= 0.3 is 5.97 Å². The molecule has 0 amide bonds. The number of aromatic hydroxyl groups is 1. The van der Waals surface area contributed by atoms with Crippen LogP contribution in [0.2, 0.25) is 0 Å². The lowest BCUT2D eigenvalue weighted by Gasteiger charge is -2.05. The normalized spacial score (nSPS) is 10.4. The van der Waals surface area contributed by atoms with Crippen molar-refractivity contribution in [1.29, 1.82) is 0 Å². The number of carbonyl (C=O) groups is 1. The summed E-state index contributed by atoms with van der Waals surface area (Å²) in [4.78, 5) is 13.7. The lowest BCUT2D eigenvalue weighted by molar-refractivity contribution is -0.691. The average molecular weight is 263 g/mol. The number of carboxylic acid groups (broad SMARTS) is 1. The van der Waals surface area contributed by atoms with Gasteiger partial charge in [0.1, 0.15) is 12.4 Å². The molecule has 0 aliphatic heterocycles. The summed E-state index contributed by atoms with van der Waals surface area (Å²) in [6.45, 7) is -0.0892. The summed E-state index contributed by atoms with van der Waals surface area (Å²) in [5.74, 6) is 0.356. The number of phenols is 1. The first-order chi connectivity index (χ1) is 9.10. The van der Waals surface area contributed by atoms with Crippen molar-refractivity contribution in [2.24, 2.45) is 0 Å². The Morgan fingerprint density at radius 2 is 2.26 bits per heavy atom. The summed E-state index contributed by atoms with van der Waals surface area (Å²) in [5, 5.41) is 18.3. The molecule has 0 bridgehead atoms. The first-order valence-corrected chi connectivity index (χ1v) is 5.73. The molecule has 0 aliphatic rings. The van der Waals surface area contributed by atoms with Gasteiger partial charge in [-0.05, 0) is 17.7 Å². The number of carboxylic acids is 1. The van der Waals surface area contributed by atoms with E-state index in [0.29, 0.717) is 12.2 Å². The maximum Gasteiger partial charge on any atom is 0.346 e. The van der Waals surface area contributed by atoms with Crippen LogP contribution in [0.4, 0.5) is 0 Å². The molecule has 0 saturated carbocycles. The molecule has 0 unspecified atom stereocenters. The van der Waals surface area contributed by atoms with Gasteiger partial charge in [0.05, 0.1) is 13.5 Å². The third kappa shape index (κ3) is 3.04. The summed E-state index contributed by atoms with van der Waals surface area (Å²) in [6, 6.07) is 5.05. The van der Waals surface area contributed by atoms with E-state index in [-0.39, 0.29) is 12.3 Å². The second-order valence-electron chi connectivity index (χ2n) is 4.11. The van der Waals surface area contributed by atoms with Crippen molar-refractivity contribution >= 4 is 5.97 Å². The van der Waals surface area contributed by atoms with Gasteiger partial charge in [-0.25, -0.2) is 14.3 Å². The van der Waals surface area contributed by atoms with Crippen LogP contribution in [0.15, 0.2) is 30.6 Å². The molecule has 19 heavy (non-hydrogen) atoms. The fourth-order valence-electron chi connectivity index (χ4n) is 1.87. The third-order valence-electron chi connectivity index (χ3n) is 2.77. The van der Waals surface area contributed by atoms with Gasteiger partial charge in [-0.3, -0.25) is 0 Å². The number of aromatic nitrogens is 2. The molecule has 1 aromatic heterocycles. The van der Waals surface area contributed by atoms with E-state index in [4.69, 9.17) is 9.84 Å². The van der Waals surface area contributed by atoms with E-state index in [2.05, 4.69) is 4.98 Å². The van der Waals surface area contributed by atoms with Gasteiger partial charge in [-0.1, -0.05) is 6.07 Å². The predicted molar refractivity (Wildman–Crippen MR) is 66.1 cm³/mol. The molecular weight excluding hydrogens is 248 g/mol. The van der Waals surface area contributed by atoms with Crippen LogP contribution in [0.1, 0.15) is 11.4 Å². The number of hydrogen-bond acceptors (Lipinski definition) is 3. The Bertz CT molecular complexity index is 592. The molecule has 0 radical (unpaired) electrons. The summed E-state index contributed by atoms with van der Waals surface area (Å²) in [5.41, 5.74) is 0.913. The van der Waals surface area contributed by atoms with E-state index < -0.39 is 5.97 Å². The second-order valence-corrected chi connectivity index (χ2v) is 4.11. The fraction of sp³-hybridized carbons (Fsp3) is 0.231. The Morgan fingerprint density at radius 3 is 2.95 bits per heavy atom. The van der Waals surface area contributed by atoms with Crippen molar-refractivity contribution in [3.8, 4) is 11.5 Å². The molecule has 3 N–H and O–H groups in total. The molecule has 0 saturated heterocycles. The number of nitrogens with one attached hydrogen (secondary N) is 1. The Hall–Kier alpha value is -2.50. The van der Waals surface area contributed by atoms with Crippen LogP contribution in [0.25, 0.3) is 0 Å². The largest absolute Gasteiger partial charge is 0.504 e. The zero-order chi connectivity index (χ0) is 13.8. The monoisotopic (exact) mass is 263 g/mol. The van der Waals surface area contributed by atoms with Crippen molar-refractivity contribution in [2.75, 3.05) is 7.11 Å². The number of hydrogen-bond donors (Lipinski definition) is 3. The molecular formula is C13H15N2O4+. The number of methoxy groups -OCH3 is 1. The predicted octanol–water partition coefficient (Wildman–Crippen LogP) is 0.692. The van der Waals surface area contributed by atoms with E-state index in [1.165, 1.54) is 7.11 Å². The van der Waals surface area contributed by atoms with E-state index in [1.54, 1.807) is 35.2 Å². The Labute approximate surface area is 109 Å². The number of ether oxygens (including phenoxy) is 1. The van der Waals surface area contributed by atoms with Crippen LogP contribution < -0.4 is 9.30 Å². The number of aromatic amines is 1. The van der Waals surface area contributed by atoms with Crippen molar-refractivity contribution in [3.63, 3.8) is 0 Å². The molecule has 6 heteroatoms. The van der Waals surface area contributed by atoms with Crippen molar-refractivity contribution < 1.29 is 24.3 Å². The number of benzene rings is 1. The van der Waals surface area contributed by atoms with Crippen molar-refractivity contribution in [3.05, 3.63) is 42.0 Å². The van der Waals surface area contributed by atoms with E-state index in [9.17, 15) is 9.90 Å². The highest BCUT2D eigenvalue weighted by Gasteiger charge is 2.15. The highest BCUT2D eigenvalue weighted by molar-refractivity contribution is 5.64. The van der Waals surface area contributed by atoms with Gasteiger partial charge in [0.25, 0.3) is 5.82 Å². The molecule has 1 heterocycles. The Morgan fingerprint density at radius 1 is 1.47 bits per heavy atom. The number of phenolic OH excluding ortho intramolecular Hbond substituents is 1. The van der Waals surface area contributed by atoms with E-state index >= 15 is 0 Å². The Kier molecular flexibility index (Phi) is 3.70. The van der Waals surface area contributed by atoms with E-state index in [0.717, 1.165) is 11.4 Å². The standard InChI is InChI=1S/C13H14N2O4/c1-19-11-6-9(2-3-10(11)16)7-12-14-4-5-15(12)8-13(17)18/h2-6H,7-8H2,1H3,(H2,16,17,18)/p+1. The summed E-state index contributed by atoms with van der Waals surface area (Å²) < 4.78 is 6.67. The van der Waals surface area contributed by atoms with Crippen LogP contribution in [0, 0.1) is 0 Å². The SMILES string of the molecule is COc1cc(Cc2[nH]cc[n+]2CC(=O)O)ccc1O. The highest BCUT2D eigenvalue weighted by Crippen LogP contribution is 2.26. The molecule has 2 rings (SSSR count). The maximum absolute atomic E-state index is 10.7. The van der Waals surface area contributed by atoms with Gasteiger partial charge in [0.2, 0.25) is 0 Å². The van der Waals surface area contributed by atoms with Crippen LogP contribution in [0.5, 0.6) is 11.5 Å². The number of imidazole rings is 1. The number of nitrogens with zero attached hydrogens (tertiary/aromatic N) is 1. The van der Waals surface area contributed by atoms with Gasteiger partial charge in [-0.15, -0.1) is 0 Å². The summed E-state index contributed by atoms with van der Waals surface area (Å²) >= 11 is 0. The number of H-pyrrole nitrogens is 1. The van der Waals surface area contributed by atoms with Crippen molar-refractivity contribution in [1.82, 2.24) is 4.98 Å². The minimum Gasteiger partial charge on any atom is -0.504 e. The molecule has 100 valence electrons. The molecule has 0 atom stereocenters. The van der Waals surface area contributed by atoms with Gasteiger partial charge in [0.15, 0.2) is 18.0 Å². The summed E-state index contributed by atoms with van der Waals surface area (Å²) in [7, 11) is 1.48. The first-order valence-electron chi connectivity index (χ1n) is 5.73. The molecule has 2 aromatic rings. The van der Waals surface area contributed by atoms with Gasteiger partial charge in [0, 0.05) is 0 Å². The third-order valence-corrected chi connectivity index (χ3v) is 2.77. The van der Waals surface area contributed by atoms with Gasteiger partial charge < -0.3 is 14.9 Å². The molecule has 6 nitrogen and oxygen atoms in total. The van der Waals surface area contributed by atoms with Crippen molar-refractivity contribution in [2.45, 2.75) is 13.0 Å². The van der Waals surface area contributed by atoms with Crippen LogP contribution in [-0.2, 0) is 17.8 Å². The smallest absolute Gasteiger partial charge is 0.346 e. The number of rotatable bonds is 5. The quantitative estimate of drug-likeness (QED) is 0.693. The maximum atomic E-state index is 10.7. The molecule has 0 aliphatic carbocycles. The fourth-order valence-corrected chi connectivity index (χ4v) is 1.87. The Balaban J connectivity index is 2.21. The first kappa shape index (κ1) is 12.9. The molecule has 0 spiro atoms. The average Bonchev–Trinajstić information content (AvgIpc) is 2.78. The molecule has 0 fully saturated rings. The number of aliphatic carboxylic acids is 1. The minimum atomic E-state index is -0.894. The second kappa shape index (κ2) is 5.43. The zero-order valence-electron chi connectivity index (χ0n) is 10.5. The zero-order valence-corrected chi connectivity index (χ0v) is 10.5. The van der Waals surface area contributed by atoms with E-state index in [1.807, 2.05) is 0 Å². The van der Waals surface area contributed by atoms with Crippen LogP contribution >= 0.6 is 0 Å². The van der Waals surface area contributed by atoms with Crippen LogP contribution in [-0.4, -0.2) is 28.3 Å². The molecule has 1 aromatic carbocycles. The minimum absolute atomic E-state index is 0.0798.